The van der Waals surface area contributed by atoms with Gasteiger partial charge in [0.1, 0.15) is 0 Å². The van der Waals surface area contributed by atoms with Crippen LogP contribution < -0.4 is 24.8 Å². The molecule has 1 fully saturated rings. The summed E-state index contributed by atoms with van der Waals surface area (Å²) in [6.07, 6.45) is 17.4. The zero-order chi connectivity index (χ0) is 24.1. The van der Waals surface area contributed by atoms with Gasteiger partial charge in [0.05, 0.1) is 0 Å². The Morgan fingerprint density at radius 3 is 1.51 bits per heavy atom. The second kappa shape index (κ2) is 14.2. The second-order valence-corrected chi connectivity index (χ2v) is 14.0. The van der Waals surface area contributed by atoms with E-state index in [0.29, 0.717) is 0 Å². The summed E-state index contributed by atoms with van der Waals surface area (Å²) < 4.78 is 1.85. The van der Waals surface area contributed by atoms with Crippen molar-refractivity contribution in [1.29, 1.82) is 0 Å². The first-order valence-electron chi connectivity index (χ1n) is 12.5. The number of allylic oxidation sites excluding steroid dienone is 4. The van der Waals surface area contributed by atoms with E-state index in [9.17, 15) is 0 Å². The molecule has 0 heterocycles. The first-order valence-corrected chi connectivity index (χ1v) is 14.3. The number of fused-ring (bicyclic) bond motifs is 3. The van der Waals surface area contributed by atoms with Gasteiger partial charge in [-0.3, -0.25) is 6.08 Å². The molecular weight excluding hydrogens is 634 g/mol. The molecule has 2 aliphatic rings. The van der Waals surface area contributed by atoms with E-state index < -0.39 is 0 Å². The predicted octanol–water partition coefficient (Wildman–Crippen LogP) is 3.29. The van der Waals surface area contributed by atoms with E-state index in [0.717, 1.165) is 6.42 Å². The van der Waals surface area contributed by atoms with Crippen LogP contribution in [0.25, 0.3) is 21.5 Å². The van der Waals surface area contributed by atoms with E-state index in [1.807, 2.05) is 15.4 Å². The van der Waals surface area contributed by atoms with Crippen molar-refractivity contribution in [3.63, 3.8) is 0 Å². The summed E-state index contributed by atoms with van der Waals surface area (Å²) in [6, 6.07) is 16.2. The van der Waals surface area contributed by atoms with Gasteiger partial charge in [-0.25, -0.2) is 12.2 Å². The van der Waals surface area contributed by atoms with E-state index >= 15 is 0 Å². The number of rotatable bonds is 0. The molecule has 0 saturated heterocycles. The molecule has 0 amide bonds. The quantitative estimate of drug-likeness (QED) is 0.254. The van der Waals surface area contributed by atoms with Crippen molar-refractivity contribution < 1.29 is 48.7 Å². The van der Waals surface area contributed by atoms with Gasteiger partial charge in [0.15, 0.2) is 0 Å². The molecule has 0 bridgehead atoms. The summed E-state index contributed by atoms with van der Waals surface area (Å²) in [6.45, 7) is 13.6. The normalized spacial score (nSPS) is 15.0. The third-order valence-electron chi connectivity index (χ3n) is 6.48. The van der Waals surface area contributed by atoms with Crippen LogP contribution in [0.3, 0.4) is 0 Å². The summed E-state index contributed by atoms with van der Waals surface area (Å²) in [5, 5.41) is 5.48. The minimum atomic E-state index is 0. The molecule has 0 nitrogen and oxygen atoms in total. The Morgan fingerprint density at radius 2 is 1.23 bits per heavy atom. The molecule has 5 rings (SSSR count). The molecule has 35 heavy (non-hydrogen) atoms. The van der Waals surface area contributed by atoms with Gasteiger partial charge < -0.3 is 24.8 Å². The van der Waals surface area contributed by atoms with Crippen LogP contribution in [0, 0.1) is 6.08 Å². The van der Waals surface area contributed by atoms with Crippen LogP contribution in [0.1, 0.15) is 91.2 Å². The molecule has 0 unspecified atom stereocenters. The monoisotopic (exact) mass is 674 g/mol. The molecule has 0 aliphatic heterocycles. The van der Waals surface area contributed by atoms with E-state index in [1.54, 1.807) is 0 Å². The Morgan fingerprint density at radius 1 is 0.743 bits per heavy atom. The van der Waals surface area contributed by atoms with Gasteiger partial charge in [-0.15, -0.1) is 46.2 Å². The molecule has 0 N–H and O–H groups in total. The molecule has 0 aromatic heterocycles. The third-order valence-corrected chi connectivity index (χ3v) is 8.28. The zero-order valence-electron chi connectivity index (χ0n) is 22.3. The Bertz CT molecular complexity index is 1060. The van der Waals surface area contributed by atoms with Crippen LogP contribution in [-0.4, -0.2) is 3.26 Å². The average molecular weight is 674 g/mol. The maximum atomic E-state index is 2.99. The van der Waals surface area contributed by atoms with Gasteiger partial charge in [-0.2, -0.15) is 6.08 Å². The third kappa shape index (κ3) is 9.49. The van der Waals surface area contributed by atoms with Crippen LogP contribution in [0.5, 0.6) is 0 Å². The fraction of sp³-hybridized carbons (Fsp3) is 0.438. The fourth-order valence-corrected chi connectivity index (χ4v) is 5.54. The van der Waals surface area contributed by atoms with Gasteiger partial charge in [0.25, 0.3) is 0 Å². The SMILES string of the molecule is CC(C)(C)c1ccc2c(c1)[cH-]c1cc(C(C)(C)C)ccc12.[C-]1=CC=CC1.[Cl-].[Cl-].[Hf+2]=[C]1CCCCC1. The molecule has 1 saturated carbocycles. The minimum absolute atomic E-state index is 0. The average Bonchev–Trinajstić information content (AvgIpc) is 3.44. The van der Waals surface area contributed by atoms with Crippen molar-refractivity contribution in [1.82, 2.24) is 0 Å². The van der Waals surface area contributed by atoms with E-state index in [-0.39, 0.29) is 35.6 Å². The second-order valence-electron chi connectivity index (χ2n) is 11.4. The molecule has 3 aromatic rings. The number of benzene rings is 2. The van der Waals surface area contributed by atoms with Gasteiger partial charge in [-0.05, 0) is 10.8 Å². The molecule has 0 atom stereocenters. The molecule has 2 aliphatic carbocycles. The van der Waals surface area contributed by atoms with Gasteiger partial charge in [0, 0.05) is 0 Å². The van der Waals surface area contributed by atoms with Crippen molar-refractivity contribution in [3.05, 3.63) is 77.9 Å². The van der Waals surface area contributed by atoms with Crippen LogP contribution in [0.4, 0.5) is 0 Å². The molecule has 0 radical (unpaired) electrons. The van der Waals surface area contributed by atoms with Crippen molar-refractivity contribution in [2.45, 2.75) is 90.9 Å². The van der Waals surface area contributed by atoms with E-state index in [4.69, 9.17) is 0 Å². The summed E-state index contributed by atoms with van der Waals surface area (Å²) in [5.41, 5.74) is 3.21. The first-order chi connectivity index (χ1) is 15.6. The Labute approximate surface area is 240 Å². The van der Waals surface area contributed by atoms with Crippen LogP contribution in [0.15, 0.2) is 60.7 Å². The molecular formula is C32H40Cl2Hf-2. The van der Waals surface area contributed by atoms with Crippen LogP contribution >= 0.6 is 0 Å². The molecule has 3 aromatic carbocycles. The summed E-state index contributed by atoms with van der Waals surface area (Å²) in [7, 11) is 0. The van der Waals surface area contributed by atoms with Crippen molar-refractivity contribution >= 4 is 24.8 Å². The van der Waals surface area contributed by atoms with Crippen molar-refractivity contribution in [3.8, 4) is 0 Å². The zero-order valence-corrected chi connectivity index (χ0v) is 27.4. The number of halogens is 2. The topological polar surface area (TPSA) is 0 Å². The molecule has 3 heteroatoms. The van der Waals surface area contributed by atoms with Crippen molar-refractivity contribution in [2.24, 2.45) is 0 Å². The Balaban J connectivity index is 0.000000360. The molecule has 0 spiro atoms. The van der Waals surface area contributed by atoms with E-state index in [1.165, 1.54) is 88.7 Å². The van der Waals surface area contributed by atoms with Gasteiger partial charge in [0.2, 0.25) is 0 Å². The maximum absolute atomic E-state index is 2.99. The van der Waals surface area contributed by atoms with E-state index in [2.05, 4.69) is 96.2 Å². The number of hydrogen-bond acceptors (Lipinski definition) is 0. The van der Waals surface area contributed by atoms with Gasteiger partial charge in [-0.1, -0.05) is 76.9 Å². The summed E-state index contributed by atoms with van der Waals surface area (Å²) in [5.74, 6) is 0. The molecule has 188 valence electrons. The fourth-order valence-electron chi connectivity index (χ4n) is 4.27. The summed E-state index contributed by atoms with van der Waals surface area (Å²) >= 11 is 1.37. The Hall–Kier alpha value is -0.890. The number of hydrogen-bond donors (Lipinski definition) is 0. The van der Waals surface area contributed by atoms with Crippen LogP contribution in [-0.2, 0) is 34.7 Å². The summed E-state index contributed by atoms with van der Waals surface area (Å²) in [4.78, 5) is 0. The van der Waals surface area contributed by atoms with Crippen molar-refractivity contribution in [2.75, 3.05) is 0 Å². The Kier molecular flexibility index (Phi) is 13.0. The van der Waals surface area contributed by atoms with Gasteiger partial charge >= 0.3 is 59.3 Å². The standard InChI is InChI=1S/C21H25.C6H10.C5H5.2ClH.Hf/c1-20(2,3)16-7-9-18-14(12-16)11-15-13-17(21(4,5)6)8-10-19(15)18;1-2-4-6-5-3-1;1-2-4-5-3-1;;;/h7-13H,1-6H3;1-5H2;1-3H,4H2;2*1H;/q-1;;-1;;;+2/p-2. The van der Waals surface area contributed by atoms with Crippen LogP contribution in [0.2, 0.25) is 0 Å². The predicted molar refractivity (Wildman–Crippen MR) is 144 cm³/mol. The first kappa shape index (κ1) is 32.1.